The molecule has 0 aliphatic heterocycles. The summed E-state index contributed by atoms with van der Waals surface area (Å²) in [6.45, 7) is 5.93. The Bertz CT molecular complexity index is 1310. The molecule has 1 aromatic carbocycles. The average Bonchev–Trinajstić information content (AvgIpc) is 2.80. The van der Waals surface area contributed by atoms with Gasteiger partial charge in [-0.25, -0.2) is 14.2 Å². The van der Waals surface area contributed by atoms with Crippen molar-refractivity contribution < 1.29 is 19.7 Å². The number of benzene rings is 1. The number of halogens is 1. The highest BCUT2D eigenvalue weighted by Crippen LogP contribution is 2.35. The molecular weight excluding hydrogens is 453 g/mol. The lowest BCUT2D eigenvalue weighted by Gasteiger charge is -2.19. The number of pyridine rings is 1. The number of rotatable bonds is 10. The Kier molecular flexibility index (Phi) is 8.71. The molecule has 0 spiro atoms. The zero-order chi connectivity index (χ0) is 25.7. The van der Waals surface area contributed by atoms with Crippen LogP contribution in [0.5, 0.6) is 0 Å². The number of aromatic nitrogens is 3. The van der Waals surface area contributed by atoms with Gasteiger partial charge in [-0.15, -0.1) is 0 Å². The van der Waals surface area contributed by atoms with Gasteiger partial charge in [-0.2, -0.15) is 0 Å². The Hall–Kier alpha value is -3.14. The molecule has 0 fully saturated rings. The summed E-state index contributed by atoms with van der Waals surface area (Å²) in [6, 6.07) is 5.70. The van der Waals surface area contributed by atoms with E-state index in [4.69, 9.17) is 10.1 Å². The van der Waals surface area contributed by atoms with Gasteiger partial charge in [0.25, 0.3) is 5.56 Å². The second kappa shape index (κ2) is 11.5. The quantitative estimate of drug-likeness (QED) is 0.350. The van der Waals surface area contributed by atoms with Gasteiger partial charge in [-0.05, 0) is 36.5 Å². The molecule has 0 radical (unpaired) electrons. The van der Waals surface area contributed by atoms with E-state index in [1.54, 1.807) is 18.2 Å². The van der Waals surface area contributed by atoms with E-state index in [0.717, 1.165) is 0 Å². The van der Waals surface area contributed by atoms with Crippen LogP contribution in [0.3, 0.4) is 0 Å². The van der Waals surface area contributed by atoms with Crippen molar-refractivity contribution in [2.45, 2.75) is 64.7 Å². The van der Waals surface area contributed by atoms with Crippen molar-refractivity contribution in [3.8, 4) is 11.1 Å². The number of nitrogens with zero attached hydrogens (tertiary/aromatic N) is 2. The number of aromatic amines is 1. The maximum atomic E-state index is 13.7. The third-order valence-corrected chi connectivity index (χ3v) is 5.78. The van der Waals surface area contributed by atoms with Crippen LogP contribution in [-0.2, 0) is 6.54 Å². The summed E-state index contributed by atoms with van der Waals surface area (Å²) in [5.74, 6) is -0.543. The Labute approximate surface area is 202 Å². The van der Waals surface area contributed by atoms with Gasteiger partial charge in [0.15, 0.2) is 0 Å². The van der Waals surface area contributed by atoms with E-state index in [-0.39, 0.29) is 36.4 Å². The van der Waals surface area contributed by atoms with E-state index < -0.39 is 29.3 Å². The van der Waals surface area contributed by atoms with Crippen LogP contribution in [0.15, 0.2) is 39.9 Å². The maximum Gasteiger partial charge on any atom is 0.329 e. The van der Waals surface area contributed by atoms with E-state index in [1.165, 1.54) is 22.8 Å². The van der Waals surface area contributed by atoms with Gasteiger partial charge in [0.05, 0.1) is 23.3 Å². The Morgan fingerprint density at radius 1 is 1.17 bits per heavy atom. The predicted molar refractivity (Wildman–Crippen MR) is 134 cm³/mol. The standard InChI is InChI=1S/C26H32FN3O5/c1-4-12-30-24-22(25(34)29-26(30)35)21(16-5-7-17(27)8-6-16)20(23(28-24)15(2)3)10-9-18(32)14-19(33)11-13-31/h5-10,15,18-19,31-33H,4,11-14H2,1-3H3,(H,29,34,35)/b10-9+/t18-,19+/m1/s1. The number of aliphatic hydroxyl groups excluding tert-OH is 3. The highest BCUT2D eigenvalue weighted by atomic mass is 19.1. The van der Waals surface area contributed by atoms with Crippen LogP contribution in [0.2, 0.25) is 0 Å². The van der Waals surface area contributed by atoms with Crippen molar-refractivity contribution in [3.05, 3.63) is 68.3 Å². The lowest BCUT2D eigenvalue weighted by atomic mass is 9.91. The summed E-state index contributed by atoms with van der Waals surface area (Å²) in [6.07, 6.45) is 2.07. The van der Waals surface area contributed by atoms with Crippen LogP contribution in [0.1, 0.15) is 57.2 Å². The third kappa shape index (κ3) is 5.93. The Morgan fingerprint density at radius 3 is 2.46 bits per heavy atom. The molecule has 8 nitrogen and oxygen atoms in total. The van der Waals surface area contributed by atoms with Crippen LogP contribution in [0.4, 0.5) is 4.39 Å². The minimum absolute atomic E-state index is 0.0254. The molecule has 0 amide bonds. The van der Waals surface area contributed by atoms with Gasteiger partial charge in [-0.3, -0.25) is 14.3 Å². The van der Waals surface area contributed by atoms with Crippen LogP contribution in [0.25, 0.3) is 28.2 Å². The van der Waals surface area contributed by atoms with E-state index in [2.05, 4.69) is 4.98 Å². The van der Waals surface area contributed by atoms with Crippen LogP contribution < -0.4 is 11.2 Å². The summed E-state index contributed by atoms with van der Waals surface area (Å²) < 4.78 is 15.2. The van der Waals surface area contributed by atoms with Crippen molar-refractivity contribution in [1.82, 2.24) is 14.5 Å². The van der Waals surface area contributed by atoms with Crippen molar-refractivity contribution in [1.29, 1.82) is 0 Å². The molecule has 0 unspecified atom stereocenters. The Balaban J connectivity index is 2.36. The third-order valence-electron chi connectivity index (χ3n) is 5.78. The van der Waals surface area contributed by atoms with Gasteiger partial charge in [0.1, 0.15) is 11.5 Å². The highest BCUT2D eigenvalue weighted by molar-refractivity contribution is 5.97. The second-order valence-corrected chi connectivity index (χ2v) is 8.89. The predicted octanol–water partition coefficient (Wildman–Crippen LogP) is 2.93. The normalized spacial score (nSPS) is 13.7. The molecule has 3 aromatic rings. The van der Waals surface area contributed by atoms with Gasteiger partial charge >= 0.3 is 5.69 Å². The molecule has 0 saturated heterocycles. The molecule has 9 heteroatoms. The maximum absolute atomic E-state index is 13.7. The summed E-state index contributed by atoms with van der Waals surface area (Å²) in [5.41, 5.74) is 1.29. The zero-order valence-corrected chi connectivity index (χ0v) is 20.2. The fourth-order valence-electron chi connectivity index (χ4n) is 4.13. The molecule has 4 N–H and O–H groups in total. The number of aryl methyl sites for hydroxylation is 1. The van der Waals surface area contributed by atoms with Crippen molar-refractivity contribution in [2.75, 3.05) is 6.61 Å². The van der Waals surface area contributed by atoms with Crippen molar-refractivity contribution in [2.24, 2.45) is 0 Å². The molecule has 0 saturated carbocycles. The number of aliphatic hydroxyl groups is 3. The molecule has 2 aromatic heterocycles. The highest BCUT2D eigenvalue weighted by Gasteiger charge is 2.22. The monoisotopic (exact) mass is 485 g/mol. The summed E-state index contributed by atoms with van der Waals surface area (Å²) in [7, 11) is 0. The first kappa shape index (κ1) is 26.5. The first-order valence-electron chi connectivity index (χ1n) is 11.8. The van der Waals surface area contributed by atoms with Gasteiger partial charge in [0, 0.05) is 30.7 Å². The van der Waals surface area contributed by atoms with E-state index in [0.29, 0.717) is 35.3 Å². The van der Waals surface area contributed by atoms with E-state index in [1.807, 2.05) is 20.8 Å². The molecule has 3 rings (SSSR count). The van der Waals surface area contributed by atoms with Crippen LogP contribution >= 0.6 is 0 Å². The van der Waals surface area contributed by atoms with Crippen molar-refractivity contribution >= 4 is 17.1 Å². The zero-order valence-electron chi connectivity index (χ0n) is 20.2. The van der Waals surface area contributed by atoms with E-state index >= 15 is 0 Å². The number of H-pyrrole nitrogens is 1. The summed E-state index contributed by atoms with van der Waals surface area (Å²) in [5, 5.41) is 29.6. The largest absolute Gasteiger partial charge is 0.396 e. The van der Waals surface area contributed by atoms with Gasteiger partial charge in [0.2, 0.25) is 0 Å². The number of hydrogen-bond acceptors (Lipinski definition) is 6. The number of fused-ring (bicyclic) bond motifs is 1. The topological polar surface area (TPSA) is 128 Å². The molecule has 35 heavy (non-hydrogen) atoms. The van der Waals surface area contributed by atoms with Crippen molar-refractivity contribution in [3.63, 3.8) is 0 Å². The first-order valence-corrected chi connectivity index (χ1v) is 11.8. The smallest absolute Gasteiger partial charge is 0.329 e. The fraction of sp³-hybridized carbons (Fsp3) is 0.423. The minimum atomic E-state index is -1.01. The van der Waals surface area contributed by atoms with Crippen LogP contribution in [0, 0.1) is 5.82 Å². The lowest BCUT2D eigenvalue weighted by Crippen LogP contribution is -2.31. The minimum Gasteiger partial charge on any atom is -0.396 e. The lowest BCUT2D eigenvalue weighted by molar-refractivity contribution is 0.0827. The SMILES string of the molecule is CCCn1c(=O)[nH]c(=O)c2c(-c3ccc(F)cc3)c(/C=C/[C@@H](O)C[C@@H](O)CCO)c(C(C)C)nc21. The molecule has 2 heterocycles. The number of hydrogen-bond donors (Lipinski definition) is 4. The van der Waals surface area contributed by atoms with E-state index in [9.17, 15) is 24.2 Å². The average molecular weight is 486 g/mol. The molecule has 188 valence electrons. The Morgan fingerprint density at radius 2 is 1.86 bits per heavy atom. The molecule has 2 atom stereocenters. The molecule has 0 aliphatic carbocycles. The summed E-state index contributed by atoms with van der Waals surface area (Å²) in [4.78, 5) is 32.8. The molecule has 0 aliphatic rings. The van der Waals surface area contributed by atoms with Gasteiger partial charge in [-0.1, -0.05) is 45.1 Å². The first-order chi connectivity index (χ1) is 16.7. The van der Waals surface area contributed by atoms with Gasteiger partial charge < -0.3 is 15.3 Å². The molecule has 0 bridgehead atoms. The fourth-order valence-corrected chi connectivity index (χ4v) is 4.13. The second-order valence-electron chi connectivity index (χ2n) is 8.89. The summed E-state index contributed by atoms with van der Waals surface area (Å²) >= 11 is 0. The molecular formula is C26H32FN3O5. The number of nitrogens with one attached hydrogen (secondary N) is 1. The van der Waals surface area contributed by atoms with Crippen LogP contribution in [-0.4, -0.2) is 48.7 Å².